The molecule has 1 unspecified atom stereocenters. The van der Waals surface area contributed by atoms with Crippen LogP contribution in [0.5, 0.6) is 5.75 Å². The Labute approximate surface area is 307 Å². The normalized spacial score (nSPS) is 18.9. The van der Waals surface area contributed by atoms with E-state index in [0.29, 0.717) is 5.56 Å². The molecule has 7 aromatic rings. The molecule has 3 aliphatic rings. The number of halogens is 3. The molecule has 0 spiro atoms. The summed E-state index contributed by atoms with van der Waals surface area (Å²) in [6.07, 6.45) is 3.60. The predicted molar refractivity (Wildman–Crippen MR) is 211 cm³/mol. The van der Waals surface area contributed by atoms with Crippen LogP contribution >= 0.6 is 0 Å². The molecule has 5 heteroatoms. The lowest BCUT2D eigenvalue weighted by molar-refractivity contribution is -0.137. The Bertz CT molecular complexity index is 2650. The first-order chi connectivity index (χ1) is 25.6. The maximum Gasteiger partial charge on any atom is 0.416 e. The Balaban J connectivity index is 1.21. The first kappa shape index (κ1) is 32.1. The molecule has 53 heavy (non-hydrogen) atoms. The summed E-state index contributed by atoms with van der Waals surface area (Å²) in [5, 5.41) is 6.59. The van der Waals surface area contributed by atoms with E-state index in [0.717, 1.165) is 73.8 Å². The number of hydrogen-bond acceptors (Lipinski definition) is 2. The highest BCUT2D eigenvalue weighted by molar-refractivity contribution is 6.09. The average molecular weight is 702 g/mol. The van der Waals surface area contributed by atoms with E-state index in [9.17, 15) is 13.2 Å². The van der Waals surface area contributed by atoms with E-state index >= 15 is 0 Å². The quantitative estimate of drug-likeness (QED) is 0.170. The van der Waals surface area contributed by atoms with Crippen LogP contribution < -0.4 is 9.64 Å². The molecule has 10 rings (SSSR count). The van der Waals surface area contributed by atoms with Gasteiger partial charge >= 0.3 is 6.18 Å². The van der Waals surface area contributed by atoms with Crippen molar-refractivity contribution in [2.24, 2.45) is 0 Å². The fourth-order valence-corrected chi connectivity index (χ4v) is 9.39. The van der Waals surface area contributed by atoms with E-state index in [-0.39, 0.29) is 0 Å². The van der Waals surface area contributed by atoms with E-state index in [1.165, 1.54) is 47.9 Å². The van der Waals surface area contributed by atoms with Crippen molar-refractivity contribution in [2.45, 2.75) is 50.3 Å². The molecule has 262 valence electrons. The van der Waals surface area contributed by atoms with E-state index in [1.807, 2.05) is 26.0 Å². The smallest absolute Gasteiger partial charge is 0.416 e. The summed E-state index contributed by atoms with van der Waals surface area (Å²) in [6, 6.07) is 40.7. The van der Waals surface area contributed by atoms with Crippen molar-refractivity contribution >= 4 is 44.1 Å². The highest BCUT2D eigenvalue weighted by Crippen LogP contribution is 2.58. The van der Waals surface area contributed by atoms with Crippen LogP contribution in [0.25, 0.3) is 49.5 Å². The summed E-state index contributed by atoms with van der Waals surface area (Å²) in [7, 11) is 0. The van der Waals surface area contributed by atoms with Crippen molar-refractivity contribution in [1.82, 2.24) is 0 Å². The van der Waals surface area contributed by atoms with Gasteiger partial charge in [0.15, 0.2) is 5.60 Å². The third-order valence-electron chi connectivity index (χ3n) is 12.1. The zero-order chi connectivity index (χ0) is 36.1. The molecule has 1 atom stereocenters. The molecule has 2 nitrogen and oxygen atoms in total. The van der Waals surface area contributed by atoms with Gasteiger partial charge < -0.3 is 9.64 Å². The second kappa shape index (κ2) is 11.5. The Morgan fingerprint density at radius 3 is 2.06 bits per heavy atom. The molecule has 1 aliphatic carbocycles. The fraction of sp³-hybridized carbons (Fsp3) is 0.208. The molecule has 0 radical (unpaired) electrons. The first-order valence-electron chi connectivity index (χ1n) is 18.6. The lowest BCUT2D eigenvalue weighted by atomic mass is 9.76. The summed E-state index contributed by atoms with van der Waals surface area (Å²) in [4.78, 5) is 2.47. The molecule has 2 aliphatic heterocycles. The molecule has 0 bridgehead atoms. The number of alkyl halides is 3. The van der Waals surface area contributed by atoms with E-state index in [4.69, 9.17) is 4.74 Å². The molecule has 0 N–H and O–H groups in total. The molecule has 1 saturated heterocycles. The van der Waals surface area contributed by atoms with Crippen LogP contribution in [0.1, 0.15) is 66.5 Å². The van der Waals surface area contributed by atoms with Crippen molar-refractivity contribution in [3.63, 3.8) is 0 Å². The first-order valence-corrected chi connectivity index (χ1v) is 18.6. The van der Waals surface area contributed by atoms with Crippen molar-refractivity contribution in [1.29, 1.82) is 0 Å². The van der Waals surface area contributed by atoms with Gasteiger partial charge in [-0.3, -0.25) is 0 Å². The Hall–Kier alpha value is -5.55. The second-order valence-electron chi connectivity index (χ2n) is 15.4. The Morgan fingerprint density at radius 1 is 0.642 bits per heavy atom. The number of rotatable bonds is 3. The summed E-state index contributed by atoms with van der Waals surface area (Å²) in [5.41, 5.74) is 5.36. The number of ether oxygens (including phenoxy) is 1. The lowest BCUT2D eigenvalue weighted by Gasteiger charge is -2.39. The van der Waals surface area contributed by atoms with Gasteiger partial charge in [-0.2, -0.15) is 13.2 Å². The summed E-state index contributed by atoms with van der Waals surface area (Å²) in [6.45, 7) is 6.20. The number of nitrogens with zero attached hydrogens (tertiary/aromatic N) is 1. The van der Waals surface area contributed by atoms with Gasteiger partial charge in [-0.25, -0.2) is 0 Å². The predicted octanol–water partition coefficient (Wildman–Crippen LogP) is 12.8. The maximum absolute atomic E-state index is 14.1. The zero-order valence-electron chi connectivity index (χ0n) is 29.7. The Morgan fingerprint density at radius 2 is 1.30 bits per heavy atom. The minimum atomic E-state index is -4.43. The van der Waals surface area contributed by atoms with Crippen molar-refractivity contribution in [3.8, 4) is 16.9 Å². The zero-order valence-corrected chi connectivity index (χ0v) is 29.7. The SMILES string of the molecule is CC1(C)c2cc(C(F)(F)F)ccc2-c2c1c1c(c3ccccc23)OC(c2ccc(N3CCCCC3)cc2)(c2ccc3ccc4ccccc4c3c2)C=C1. The molecule has 0 saturated carbocycles. The van der Waals surface area contributed by atoms with Crippen LogP contribution in [0.2, 0.25) is 0 Å². The van der Waals surface area contributed by atoms with Crippen LogP contribution in [-0.2, 0) is 17.2 Å². The summed E-state index contributed by atoms with van der Waals surface area (Å²) >= 11 is 0. The van der Waals surface area contributed by atoms with Gasteiger partial charge in [-0.1, -0.05) is 111 Å². The third-order valence-corrected chi connectivity index (χ3v) is 12.1. The van der Waals surface area contributed by atoms with Crippen LogP contribution in [0.3, 0.4) is 0 Å². The molecule has 0 amide bonds. The van der Waals surface area contributed by atoms with E-state index in [1.54, 1.807) is 6.07 Å². The number of hydrogen-bond donors (Lipinski definition) is 0. The molecule has 2 heterocycles. The topological polar surface area (TPSA) is 12.5 Å². The highest BCUT2D eigenvalue weighted by Gasteiger charge is 2.45. The summed E-state index contributed by atoms with van der Waals surface area (Å²) in [5.74, 6) is 0.747. The van der Waals surface area contributed by atoms with Crippen molar-refractivity contribution < 1.29 is 17.9 Å². The van der Waals surface area contributed by atoms with E-state index < -0.39 is 22.8 Å². The fourth-order valence-electron chi connectivity index (χ4n) is 9.39. The standard InChI is InChI=1S/C48H38F3NO/c1-46(2)42-29-34(48(49,50)51)20-23-39(42)43-37-12-6-7-13-38(37)45-40(44(43)46)24-25-47(53-45,32-18-21-35(22-19-32)52-26-8-3-9-27-52)33-17-16-31-15-14-30-10-4-5-11-36(30)41(31)28-33/h4-7,10-25,28-29H,3,8-9,26-27H2,1-2H3. The van der Waals surface area contributed by atoms with Crippen molar-refractivity contribution in [2.75, 3.05) is 18.0 Å². The van der Waals surface area contributed by atoms with Gasteiger partial charge in [0.2, 0.25) is 0 Å². The number of piperidine rings is 1. The minimum absolute atomic E-state index is 0.627. The number of fused-ring (bicyclic) bond motifs is 11. The monoisotopic (exact) mass is 701 g/mol. The Kier molecular flexibility index (Phi) is 6.95. The van der Waals surface area contributed by atoms with Gasteiger partial charge in [-0.15, -0.1) is 0 Å². The maximum atomic E-state index is 14.1. The summed E-state index contributed by atoms with van der Waals surface area (Å²) < 4.78 is 49.7. The molecular weight excluding hydrogens is 664 g/mol. The number of anilines is 1. The van der Waals surface area contributed by atoms with Crippen LogP contribution in [-0.4, -0.2) is 13.1 Å². The molecule has 7 aromatic carbocycles. The van der Waals surface area contributed by atoms with Crippen LogP contribution in [0, 0.1) is 0 Å². The number of benzene rings is 7. The molecule has 0 aromatic heterocycles. The molecule has 1 fully saturated rings. The third kappa shape index (κ3) is 4.79. The van der Waals surface area contributed by atoms with Crippen LogP contribution in [0.15, 0.2) is 127 Å². The largest absolute Gasteiger partial charge is 0.472 e. The van der Waals surface area contributed by atoms with Gasteiger partial charge in [0.1, 0.15) is 5.75 Å². The van der Waals surface area contributed by atoms with Gasteiger partial charge in [0.25, 0.3) is 0 Å². The van der Waals surface area contributed by atoms with E-state index in [2.05, 4.69) is 108 Å². The van der Waals surface area contributed by atoms with Gasteiger partial charge in [0, 0.05) is 46.3 Å². The van der Waals surface area contributed by atoms with Gasteiger partial charge in [0.05, 0.1) is 5.56 Å². The lowest BCUT2D eigenvalue weighted by Crippen LogP contribution is -2.35. The molecular formula is C48H38F3NO. The second-order valence-corrected chi connectivity index (χ2v) is 15.4. The van der Waals surface area contributed by atoms with Crippen molar-refractivity contribution in [3.05, 3.63) is 161 Å². The average Bonchev–Trinajstić information content (AvgIpc) is 3.43. The van der Waals surface area contributed by atoms with Crippen LogP contribution in [0.4, 0.5) is 18.9 Å². The highest BCUT2D eigenvalue weighted by atomic mass is 19.4. The minimum Gasteiger partial charge on any atom is -0.472 e. The van der Waals surface area contributed by atoms with Gasteiger partial charge in [-0.05, 0) is 105 Å².